The summed E-state index contributed by atoms with van der Waals surface area (Å²) in [6.07, 6.45) is 1.25. The van der Waals surface area contributed by atoms with Crippen LogP contribution in [0, 0.1) is 0 Å². The molecule has 0 spiro atoms. The molecule has 5 nitrogen and oxygen atoms in total. The number of hydrogen-bond donors (Lipinski definition) is 2. The van der Waals surface area contributed by atoms with Crippen LogP contribution in [0.5, 0.6) is 0 Å². The predicted octanol–water partition coefficient (Wildman–Crippen LogP) is 2.45. The number of alkyl carbamates (subject to hydrolysis) is 1. The van der Waals surface area contributed by atoms with Gasteiger partial charge in [0, 0.05) is 13.1 Å². The molecule has 5 heteroatoms. The first kappa shape index (κ1) is 14.6. The second-order valence-electron chi connectivity index (χ2n) is 5.12. The van der Waals surface area contributed by atoms with Crippen LogP contribution in [0.15, 0.2) is 22.8 Å². The highest BCUT2D eigenvalue weighted by molar-refractivity contribution is 5.67. The fourth-order valence-corrected chi connectivity index (χ4v) is 1.41. The highest BCUT2D eigenvalue weighted by Gasteiger charge is 2.15. The molecule has 0 unspecified atom stereocenters. The Balaban J connectivity index is 2.14. The first-order chi connectivity index (χ1) is 8.38. The molecule has 0 saturated heterocycles. The van der Waals surface area contributed by atoms with Crippen LogP contribution < -0.4 is 10.6 Å². The van der Waals surface area contributed by atoms with Gasteiger partial charge in [-0.2, -0.15) is 0 Å². The third-order valence-corrected chi connectivity index (χ3v) is 2.21. The van der Waals surface area contributed by atoms with E-state index < -0.39 is 11.7 Å². The minimum absolute atomic E-state index is 0.125. The number of amides is 1. The standard InChI is InChI=1S/C13H22N2O3/c1-10(11-6-5-9-17-11)14-7-8-15-12(16)18-13(2,3)4/h5-6,9-10,14H,7-8H2,1-4H3,(H,15,16)/t10-/m0/s1. The van der Waals surface area contributed by atoms with E-state index in [-0.39, 0.29) is 6.04 Å². The average Bonchev–Trinajstić information content (AvgIpc) is 2.74. The number of carbonyl (C=O) groups excluding carboxylic acids is 1. The lowest BCUT2D eigenvalue weighted by Crippen LogP contribution is -2.36. The summed E-state index contributed by atoms with van der Waals surface area (Å²) < 4.78 is 10.4. The molecule has 1 aromatic rings. The fourth-order valence-electron chi connectivity index (χ4n) is 1.41. The summed E-state index contributed by atoms with van der Waals surface area (Å²) in [5, 5.41) is 5.92. The van der Waals surface area contributed by atoms with Crippen molar-refractivity contribution < 1.29 is 13.9 Å². The molecule has 0 aliphatic carbocycles. The van der Waals surface area contributed by atoms with Crippen LogP contribution in [0.2, 0.25) is 0 Å². The third-order valence-electron chi connectivity index (χ3n) is 2.21. The maximum absolute atomic E-state index is 11.4. The molecule has 0 radical (unpaired) electrons. The molecule has 0 bridgehead atoms. The molecule has 0 fully saturated rings. The van der Waals surface area contributed by atoms with Gasteiger partial charge in [-0.05, 0) is 39.8 Å². The summed E-state index contributed by atoms with van der Waals surface area (Å²) in [5.41, 5.74) is -0.459. The van der Waals surface area contributed by atoms with E-state index in [0.717, 1.165) is 5.76 Å². The van der Waals surface area contributed by atoms with E-state index in [1.807, 2.05) is 39.8 Å². The Morgan fingerprint density at radius 2 is 2.17 bits per heavy atom. The van der Waals surface area contributed by atoms with Gasteiger partial charge in [0.1, 0.15) is 11.4 Å². The lowest BCUT2D eigenvalue weighted by molar-refractivity contribution is 0.0528. The van der Waals surface area contributed by atoms with Gasteiger partial charge < -0.3 is 19.8 Å². The first-order valence-corrected chi connectivity index (χ1v) is 6.12. The summed E-state index contributed by atoms with van der Waals surface area (Å²) in [7, 11) is 0. The van der Waals surface area contributed by atoms with Gasteiger partial charge in [0.05, 0.1) is 12.3 Å². The van der Waals surface area contributed by atoms with Gasteiger partial charge in [-0.1, -0.05) is 0 Å². The largest absolute Gasteiger partial charge is 0.468 e. The number of furan rings is 1. The first-order valence-electron chi connectivity index (χ1n) is 6.12. The van der Waals surface area contributed by atoms with Crippen molar-refractivity contribution in [1.82, 2.24) is 10.6 Å². The lowest BCUT2D eigenvalue weighted by Gasteiger charge is -2.20. The Morgan fingerprint density at radius 1 is 1.44 bits per heavy atom. The minimum atomic E-state index is -0.459. The van der Waals surface area contributed by atoms with Crippen molar-refractivity contribution in [3.63, 3.8) is 0 Å². The molecule has 1 rings (SSSR count). The zero-order chi connectivity index (χ0) is 13.6. The predicted molar refractivity (Wildman–Crippen MR) is 69.4 cm³/mol. The van der Waals surface area contributed by atoms with Crippen molar-refractivity contribution in [3.05, 3.63) is 24.2 Å². The van der Waals surface area contributed by atoms with E-state index in [4.69, 9.17) is 9.15 Å². The molecule has 1 atom stereocenters. The summed E-state index contributed by atoms with van der Waals surface area (Å²) in [4.78, 5) is 11.4. The van der Waals surface area contributed by atoms with Crippen LogP contribution in [-0.2, 0) is 4.74 Å². The summed E-state index contributed by atoms with van der Waals surface area (Å²) in [5.74, 6) is 0.882. The quantitative estimate of drug-likeness (QED) is 0.792. The molecular weight excluding hydrogens is 232 g/mol. The van der Waals surface area contributed by atoms with E-state index in [2.05, 4.69) is 10.6 Å². The van der Waals surface area contributed by atoms with Crippen molar-refractivity contribution in [2.75, 3.05) is 13.1 Å². The van der Waals surface area contributed by atoms with Gasteiger partial charge in [0.25, 0.3) is 0 Å². The Bertz CT molecular complexity index is 355. The van der Waals surface area contributed by atoms with Gasteiger partial charge >= 0.3 is 6.09 Å². The third kappa shape index (κ3) is 5.72. The molecular formula is C13H22N2O3. The number of rotatable bonds is 5. The molecule has 2 N–H and O–H groups in total. The highest BCUT2D eigenvalue weighted by atomic mass is 16.6. The normalized spacial score (nSPS) is 13.1. The fraction of sp³-hybridized carbons (Fsp3) is 0.615. The molecule has 0 aliphatic rings. The second-order valence-corrected chi connectivity index (χ2v) is 5.12. The second kappa shape index (κ2) is 6.44. The minimum Gasteiger partial charge on any atom is -0.468 e. The monoisotopic (exact) mass is 254 g/mol. The smallest absolute Gasteiger partial charge is 0.407 e. The van der Waals surface area contributed by atoms with Crippen LogP contribution in [0.25, 0.3) is 0 Å². The Hall–Kier alpha value is -1.49. The van der Waals surface area contributed by atoms with E-state index >= 15 is 0 Å². The molecule has 0 saturated carbocycles. The van der Waals surface area contributed by atoms with Gasteiger partial charge in [0.2, 0.25) is 0 Å². The molecule has 1 heterocycles. The van der Waals surface area contributed by atoms with Crippen molar-refractivity contribution in [3.8, 4) is 0 Å². The summed E-state index contributed by atoms with van der Waals surface area (Å²) in [6, 6.07) is 3.89. The maximum Gasteiger partial charge on any atom is 0.407 e. The van der Waals surface area contributed by atoms with Crippen molar-refractivity contribution in [2.24, 2.45) is 0 Å². The van der Waals surface area contributed by atoms with Crippen LogP contribution in [-0.4, -0.2) is 24.8 Å². The number of carbonyl (C=O) groups is 1. The molecule has 0 aromatic carbocycles. The number of nitrogens with one attached hydrogen (secondary N) is 2. The zero-order valence-corrected chi connectivity index (χ0v) is 11.4. The van der Waals surface area contributed by atoms with Crippen LogP contribution >= 0.6 is 0 Å². The van der Waals surface area contributed by atoms with Crippen LogP contribution in [0.3, 0.4) is 0 Å². The molecule has 0 aliphatic heterocycles. The molecule has 1 amide bonds. The highest BCUT2D eigenvalue weighted by Crippen LogP contribution is 2.11. The SMILES string of the molecule is C[C@H](NCCNC(=O)OC(C)(C)C)c1ccco1. The Kier molecular flexibility index (Phi) is 5.22. The zero-order valence-electron chi connectivity index (χ0n) is 11.4. The van der Waals surface area contributed by atoms with Gasteiger partial charge in [-0.25, -0.2) is 4.79 Å². The van der Waals surface area contributed by atoms with Gasteiger partial charge in [0.15, 0.2) is 0 Å². The van der Waals surface area contributed by atoms with Crippen LogP contribution in [0.1, 0.15) is 39.5 Å². The van der Waals surface area contributed by atoms with Gasteiger partial charge in [-0.15, -0.1) is 0 Å². The van der Waals surface area contributed by atoms with Gasteiger partial charge in [-0.3, -0.25) is 0 Å². The number of ether oxygens (including phenoxy) is 1. The Labute approximate surface area is 108 Å². The Morgan fingerprint density at radius 3 is 2.72 bits per heavy atom. The van der Waals surface area contributed by atoms with E-state index in [1.165, 1.54) is 0 Å². The van der Waals surface area contributed by atoms with Crippen molar-refractivity contribution >= 4 is 6.09 Å². The lowest BCUT2D eigenvalue weighted by atomic mass is 10.2. The average molecular weight is 254 g/mol. The number of hydrogen-bond acceptors (Lipinski definition) is 4. The van der Waals surface area contributed by atoms with Crippen LogP contribution in [0.4, 0.5) is 4.79 Å². The van der Waals surface area contributed by atoms with E-state index in [1.54, 1.807) is 6.26 Å². The topological polar surface area (TPSA) is 63.5 Å². The van der Waals surface area contributed by atoms with Crippen molar-refractivity contribution in [1.29, 1.82) is 0 Å². The van der Waals surface area contributed by atoms with E-state index in [0.29, 0.717) is 13.1 Å². The van der Waals surface area contributed by atoms with Crippen molar-refractivity contribution in [2.45, 2.75) is 39.3 Å². The summed E-state index contributed by atoms with van der Waals surface area (Å²) >= 11 is 0. The molecule has 1 aromatic heterocycles. The van der Waals surface area contributed by atoms with E-state index in [9.17, 15) is 4.79 Å². The summed E-state index contributed by atoms with van der Waals surface area (Å²) in [6.45, 7) is 8.69. The molecule has 18 heavy (non-hydrogen) atoms. The molecule has 102 valence electrons. The maximum atomic E-state index is 11.4.